The molecule has 53 heavy (non-hydrogen) atoms. The van der Waals surface area contributed by atoms with Crippen molar-refractivity contribution in [3.05, 3.63) is 57.7 Å². The third-order valence-electron chi connectivity index (χ3n) is 15.5. The van der Waals surface area contributed by atoms with E-state index in [-0.39, 0.29) is 17.4 Å². The summed E-state index contributed by atoms with van der Waals surface area (Å²) in [5.41, 5.74) is 3.21. The molecule has 284 valence electrons. The van der Waals surface area contributed by atoms with Crippen LogP contribution in [0, 0.1) is 58.8 Å². The van der Waals surface area contributed by atoms with Gasteiger partial charge in [-0.1, -0.05) is 31.4 Å². The van der Waals surface area contributed by atoms with Gasteiger partial charge in [0.1, 0.15) is 15.0 Å². The summed E-state index contributed by atoms with van der Waals surface area (Å²) in [6.45, 7) is 0. The van der Waals surface area contributed by atoms with Crippen molar-refractivity contribution in [3.8, 4) is 5.75 Å². The van der Waals surface area contributed by atoms with Crippen LogP contribution in [-0.2, 0) is 10.1 Å². The van der Waals surface area contributed by atoms with E-state index in [1.807, 2.05) is 23.5 Å². The van der Waals surface area contributed by atoms with Crippen LogP contribution in [0.5, 0.6) is 5.75 Å². The van der Waals surface area contributed by atoms with E-state index in [2.05, 4.69) is 23.9 Å². The molecule has 0 aromatic heterocycles. The first kappa shape index (κ1) is 34.8. The highest BCUT2D eigenvalue weighted by Crippen LogP contribution is 2.68. The maximum absolute atomic E-state index is 15.4. The second-order valence-corrected chi connectivity index (χ2v) is 23.1. The van der Waals surface area contributed by atoms with Gasteiger partial charge in [-0.15, -0.1) is 0 Å². The highest BCUT2D eigenvalue weighted by atomic mass is 32.2. The van der Waals surface area contributed by atoms with Gasteiger partial charge >= 0.3 is 5.97 Å². The number of carbonyl (C=O) groups excluding carboxylic acids is 1. The average molecular weight is 806 g/mol. The average Bonchev–Trinajstić information content (AvgIpc) is 3.98. The number of thioether (sulfide) groups is 3. The van der Waals surface area contributed by atoms with Gasteiger partial charge in [0.2, 0.25) is 17.4 Å². The molecule has 0 amide bonds. The number of hydrogen-bond acceptors (Lipinski definition) is 8. The standard InChI is InChI=1S/C40H42F4O5S4/c41-31-33(43)39(53(46,47)48)34(44)32(42)35(31)49-40(45)30-23(25-13-28-17-5-2-8-20(17)37(25)51-28)10-15(22-12-27-16-4-1-7-19(16)36(22)50-27)11-24(30)26-14-29-18-6-3-9-21(18)38(26)52-29/h10-11,16-22,25-29,36-38H,1-9,12-14H2,(H,46,47,48)/p-1. The Morgan fingerprint density at radius 1 is 0.623 bits per heavy atom. The van der Waals surface area contributed by atoms with Crippen molar-refractivity contribution in [1.82, 2.24) is 0 Å². The molecule has 6 heterocycles. The Morgan fingerprint density at radius 3 is 1.45 bits per heavy atom. The first-order valence-corrected chi connectivity index (χ1v) is 23.9. The molecule has 13 heteroatoms. The van der Waals surface area contributed by atoms with Crippen molar-refractivity contribution in [2.24, 2.45) is 35.5 Å². The summed E-state index contributed by atoms with van der Waals surface area (Å²) in [5.74, 6) is -7.70. The van der Waals surface area contributed by atoms with Crippen molar-refractivity contribution in [2.45, 2.75) is 131 Å². The molecule has 6 saturated heterocycles. The van der Waals surface area contributed by atoms with Crippen molar-refractivity contribution in [2.75, 3.05) is 0 Å². The van der Waals surface area contributed by atoms with E-state index in [0.717, 1.165) is 49.1 Å². The number of halogens is 4. The Balaban J connectivity index is 1.07. The van der Waals surface area contributed by atoms with Crippen molar-refractivity contribution >= 4 is 51.4 Å². The lowest BCUT2D eigenvalue weighted by Crippen LogP contribution is -2.33. The Kier molecular flexibility index (Phi) is 8.07. The summed E-state index contributed by atoms with van der Waals surface area (Å²) in [6, 6.07) is 4.43. The van der Waals surface area contributed by atoms with Gasteiger partial charge in [0.25, 0.3) is 0 Å². The minimum atomic E-state index is -5.92. The van der Waals surface area contributed by atoms with Gasteiger partial charge in [-0.25, -0.2) is 22.0 Å². The molecule has 6 aliphatic heterocycles. The Hall–Kier alpha value is -1.41. The summed E-state index contributed by atoms with van der Waals surface area (Å²) in [5, 5.41) is 2.72. The molecule has 2 aromatic carbocycles. The maximum atomic E-state index is 15.4. The molecule has 0 N–H and O–H groups in total. The number of fused-ring (bicyclic) bond motifs is 15. The summed E-state index contributed by atoms with van der Waals surface area (Å²) in [7, 11) is -5.92. The zero-order valence-corrected chi connectivity index (χ0v) is 32.3. The predicted octanol–water partition coefficient (Wildman–Crippen LogP) is 9.53. The van der Waals surface area contributed by atoms with Crippen LogP contribution in [0.25, 0.3) is 0 Å². The molecule has 11 rings (SSSR count). The highest BCUT2D eigenvalue weighted by molar-refractivity contribution is 8.01. The van der Waals surface area contributed by atoms with Gasteiger partial charge in [-0.2, -0.15) is 44.1 Å². The normalized spacial score (nSPS) is 42.8. The summed E-state index contributed by atoms with van der Waals surface area (Å²) in [4.78, 5) is 12.5. The Morgan fingerprint density at radius 2 is 1.02 bits per heavy atom. The van der Waals surface area contributed by atoms with Crippen LogP contribution >= 0.6 is 35.3 Å². The molecule has 15 unspecified atom stereocenters. The monoisotopic (exact) mass is 805 g/mol. The van der Waals surface area contributed by atoms with Crippen LogP contribution < -0.4 is 4.74 Å². The number of esters is 1. The van der Waals surface area contributed by atoms with Crippen LogP contribution in [0.1, 0.15) is 122 Å². The van der Waals surface area contributed by atoms with Crippen molar-refractivity contribution in [1.29, 1.82) is 0 Å². The van der Waals surface area contributed by atoms with Crippen LogP contribution in [0.15, 0.2) is 17.0 Å². The van der Waals surface area contributed by atoms with E-state index in [9.17, 15) is 26.5 Å². The van der Waals surface area contributed by atoms with Crippen molar-refractivity contribution in [3.63, 3.8) is 0 Å². The minimum absolute atomic E-state index is 0.0256. The Labute approximate surface area is 320 Å². The van der Waals surface area contributed by atoms with Crippen LogP contribution in [0.3, 0.4) is 0 Å². The molecule has 3 aliphatic carbocycles. The van der Waals surface area contributed by atoms with E-state index in [4.69, 9.17) is 4.74 Å². The highest BCUT2D eigenvalue weighted by Gasteiger charge is 2.59. The minimum Gasteiger partial charge on any atom is -0.744 e. The number of hydrogen-bond donors (Lipinski definition) is 0. The van der Waals surface area contributed by atoms with Gasteiger partial charge in [0, 0.05) is 31.5 Å². The van der Waals surface area contributed by atoms with Gasteiger partial charge in [0.05, 0.1) is 5.56 Å². The van der Waals surface area contributed by atoms with Crippen LogP contribution in [-0.4, -0.2) is 50.4 Å². The molecule has 9 fully saturated rings. The third kappa shape index (κ3) is 5.00. The molecule has 0 radical (unpaired) electrons. The van der Waals surface area contributed by atoms with Crippen LogP contribution in [0.4, 0.5) is 17.6 Å². The Bertz CT molecular complexity index is 1950. The lowest BCUT2D eigenvalue weighted by atomic mass is 9.67. The predicted molar refractivity (Wildman–Crippen MR) is 196 cm³/mol. The van der Waals surface area contributed by atoms with E-state index < -0.39 is 50.0 Å². The first-order valence-electron chi connectivity index (χ1n) is 19.7. The van der Waals surface area contributed by atoms with Gasteiger partial charge in [-0.05, 0) is 128 Å². The van der Waals surface area contributed by atoms with E-state index in [1.54, 1.807) is 0 Å². The SMILES string of the molecule is O=C(Oc1c(F)c(F)c(S(=O)(=O)[O-])c(F)c1F)c1c(C2CC3SC2C2CCCC32)cc(C2CC3SC2C2CCCC32)cc1C1CC2SC1C1CCCC21. The van der Waals surface area contributed by atoms with Crippen LogP contribution in [0.2, 0.25) is 0 Å². The quantitative estimate of drug-likeness (QED) is 0.0940. The number of rotatable bonds is 6. The lowest BCUT2D eigenvalue weighted by Gasteiger charge is -2.36. The zero-order valence-electron chi connectivity index (χ0n) is 29.0. The number of benzene rings is 2. The number of ether oxygens (including phenoxy) is 1. The van der Waals surface area contributed by atoms with E-state index >= 15 is 8.78 Å². The smallest absolute Gasteiger partial charge is 0.344 e. The first-order chi connectivity index (χ1) is 25.5. The molecule has 15 atom stereocenters. The third-order valence-corrected chi connectivity index (χ3v) is 22.0. The maximum Gasteiger partial charge on any atom is 0.344 e. The molecule has 2 aromatic rings. The fourth-order valence-corrected chi connectivity index (χ4v) is 21.0. The van der Waals surface area contributed by atoms with E-state index in [1.165, 1.54) is 50.5 Å². The second-order valence-electron chi connectivity index (χ2n) is 17.6. The molecule has 3 saturated carbocycles. The largest absolute Gasteiger partial charge is 0.744 e. The zero-order chi connectivity index (χ0) is 36.2. The fraction of sp³-hybridized carbons (Fsp3) is 0.675. The van der Waals surface area contributed by atoms with Crippen molar-refractivity contribution < 1.29 is 40.1 Å². The van der Waals surface area contributed by atoms with Gasteiger partial charge in [-0.3, -0.25) is 0 Å². The fourth-order valence-electron chi connectivity index (χ4n) is 13.6. The van der Waals surface area contributed by atoms with E-state index in [0.29, 0.717) is 67.0 Å². The molecule has 6 bridgehead atoms. The molecular formula is C40H41F4O5S4-. The molecular weight excluding hydrogens is 765 g/mol. The summed E-state index contributed by atoms with van der Waals surface area (Å²) < 4.78 is 101. The second kappa shape index (κ2) is 12.3. The molecule has 5 nitrogen and oxygen atoms in total. The molecule has 9 aliphatic rings. The summed E-state index contributed by atoms with van der Waals surface area (Å²) >= 11 is 6.20. The summed E-state index contributed by atoms with van der Waals surface area (Å²) in [6.07, 6.45) is 13.8. The number of carbonyl (C=O) groups is 1. The topological polar surface area (TPSA) is 83.5 Å². The lowest BCUT2D eigenvalue weighted by molar-refractivity contribution is 0.0712. The molecule has 0 spiro atoms. The van der Waals surface area contributed by atoms with Gasteiger partial charge in [0.15, 0.2) is 11.6 Å². The van der Waals surface area contributed by atoms with Gasteiger partial charge < -0.3 is 9.29 Å².